The van der Waals surface area contributed by atoms with Crippen LogP contribution in [0.1, 0.15) is 31.9 Å². The molecule has 0 aromatic heterocycles. The average molecular weight is 216 g/mol. The van der Waals surface area contributed by atoms with Crippen LogP contribution in [0.25, 0.3) is 0 Å². The molecule has 1 aliphatic heterocycles. The Morgan fingerprint density at radius 3 is 2.56 bits per heavy atom. The van der Waals surface area contributed by atoms with Crippen LogP contribution in [0.3, 0.4) is 0 Å². The second-order valence-electron chi connectivity index (χ2n) is 4.96. The number of hydrogen-bond donors (Lipinski definition) is 0. The van der Waals surface area contributed by atoms with Crippen LogP contribution in [-0.4, -0.2) is 5.97 Å². The molecule has 0 spiro atoms. The molecule has 2 rings (SSSR count). The van der Waals surface area contributed by atoms with Gasteiger partial charge in [0.05, 0.1) is 0 Å². The van der Waals surface area contributed by atoms with Crippen molar-refractivity contribution in [3.8, 4) is 0 Å². The Morgan fingerprint density at radius 1 is 1.31 bits per heavy atom. The number of benzene rings is 1. The molecule has 0 radical (unpaired) electrons. The fraction of sp³-hybridized carbons (Fsp3) is 0.357. The Kier molecular flexibility index (Phi) is 2.58. The third kappa shape index (κ3) is 1.87. The topological polar surface area (TPSA) is 26.3 Å². The van der Waals surface area contributed by atoms with E-state index in [0.717, 1.165) is 5.56 Å². The summed E-state index contributed by atoms with van der Waals surface area (Å²) in [4.78, 5) is 11.5. The van der Waals surface area contributed by atoms with Gasteiger partial charge >= 0.3 is 5.97 Å². The first kappa shape index (κ1) is 10.9. The minimum Gasteiger partial charge on any atom is -0.454 e. The number of carbonyl (C=O) groups excluding carboxylic acids is 1. The zero-order valence-corrected chi connectivity index (χ0v) is 9.69. The van der Waals surface area contributed by atoms with Gasteiger partial charge in [0.15, 0.2) is 0 Å². The predicted molar refractivity (Wildman–Crippen MR) is 62.8 cm³/mol. The lowest BCUT2D eigenvalue weighted by atomic mass is 9.76. The minimum atomic E-state index is -0.270. The molecule has 1 aliphatic rings. The van der Waals surface area contributed by atoms with E-state index in [1.54, 1.807) is 0 Å². The SMILES string of the molecule is C=C1CC(C)(C)C(c2ccccc2)OC1=O. The lowest BCUT2D eigenvalue weighted by molar-refractivity contribution is -0.157. The Balaban J connectivity index is 2.34. The van der Waals surface area contributed by atoms with Gasteiger partial charge < -0.3 is 4.74 Å². The van der Waals surface area contributed by atoms with Crippen molar-refractivity contribution in [1.29, 1.82) is 0 Å². The third-order valence-corrected chi connectivity index (χ3v) is 2.99. The third-order valence-electron chi connectivity index (χ3n) is 2.99. The highest BCUT2D eigenvalue weighted by Crippen LogP contribution is 2.45. The molecular weight excluding hydrogens is 200 g/mol. The highest BCUT2D eigenvalue weighted by atomic mass is 16.5. The van der Waals surface area contributed by atoms with Crippen molar-refractivity contribution >= 4 is 5.97 Å². The maximum Gasteiger partial charge on any atom is 0.334 e. The lowest BCUT2D eigenvalue weighted by Crippen LogP contribution is -2.33. The summed E-state index contributed by atoms with van der Waals surface area (Å²) in [6.07, 6.45) is 0.512. The molecule has 1 atom stereocenters. The molecule has 1 saturated heterocycles. The molecule has 0 amide bonds. The summed E-state index contributed by atoms with van der Waals surface area (Å²) in [6.45, 7) is 7.94. The highest BCUT2D eigenvalue weighted by Gasteiger charge is 2.40. The van der Waals surface area contributed by atoms with E-state index in [1.807, 2.05) is 30.3 Å². The van der Waals surface area contributed by atoms with Crippen LogP contribution in [0.5, 0.6) is 0 Å². The normalized spacial score (nSPS) is 24.0. The van der Waals surface area contributed by atoms with Gasteiger partial charge in [0.2, 0.25) is 0 Å². The lowest BCUT2D eigenvalue weighted by Gasteiger charge is -2.38. The molecule has 1 aromatic rings. The monoisotopic (exact) mass is 216 g/mol. The number of ether oxygens (including phenoxy) is 1. The van der Waals surface area contributed by atoms with Crippen LogP contribution in [0.15, 0.2) is 42.5 Å². The Morgan fingerprint density at radius 2 is 1.94 bits per heavy atom. The van der Waals surface area contributed by atoms with E-state index in [9.17, 15) is 4.79 Å². The highest BCUT2D eigenvalue weighted by molar-refractivity contribution is 5.88. The molecule has 0 aliphatic carbocycles. The van der Waals surface area contributed by atoms with Gasteiger partial charge in [-0.1, -0.05) is 50.8 Å². The average Bonchev–Trinajstić information content (AvgIpc) is 2.24. The smallest absolute Gasteiger partial charge is 0.334 e. The molecule has 0 bridgehead atoms. The van der Waals surface area contributed by atoms with Gasteiger partial charge in [-0.2, -0.15) is 0 Å². The van der Waals surface area contributed by atoms with Crippen molar-refractivity contribution in [3.05, 3.63) is 48.0 Å². The molecule has 0 N–H and O–H groups in total. The molecule has 2 nitrogen and oxygen atoms in total. The maximum atomic E-state index is 11.5. The van der Waals surface area contributed by atoms with Crippen molar-refractivity contribution < 1.29 is 9.53 Å². The molecule has 16 heavy (non-hydrogen) atoms. The summed E-state index contributed by atoms with van der Waals surface area (Å²) in [5.41, 5.74) is 1.53. The molecule has 1 aromatic carbocycles. The van der Waals surface area contributed by atoms with Gasteiger partial charge in [0.25, 0.3) is 0 Å². The zero-order chi connectivity index (χ0) is 11.8. The van der Waals surface area contributed by atoms with Crippen LogP contribution in [-0.2, 0) is 9.53 Å². The van der Waals surface area contributed by atoms with Crippen molar-refractivity contribution in [2.45, 2.75) is 26.4 Å². The van der Waals surface area contributed by atoms with Crippen LogP contribution in [0.4, 0.5) is 0 Å². The van der Waals surface area contributed by atoms with E-state index in [2.05, 4.69) is 20.4 Å². The second kappa shape index (κ2) is 3.78. The fourth-order valence-corrected chi connectivity index (χ4v) is 2.21. The van der Waals surface area contributed by atoms with Gasteiger partial charge in [-0.05, 0) is 12.0 Å². The van der Waals surface area contributed by atoms with Crippen LogP contribution < -0.4 is 0 Å². The summed E-state index contributed by atoms with van der Waals surface area (Å²) in [5.74, 6) is -0.270. The second-order valence-corrected chi connectivity index (χ2v) is 4.96. The van der Waals surface area contributed by atoms with Crippen LogP contribution in [0.2, 0.25) is 0 Å². The number of rotatable bonds is 1. The quantitative estimate of drug-likeness (QED) is 0.532. The van der Waals surface area contributed by atoms with Crippen molar-refractivity contribution in [2.24, 2.45) is 5.41 Å². The molecule has 2 heteroatoms. The van der Waals surface area contributed by atoms with Gasteiger partial charge in [-0.3, -0.25) is 0 Å². The molecular formula is C14H16O2. The Hall–Kier alpha value is -1.57. The largest absolute Gasteiger partial charge is 0.454 e. The Bertz CT molecular complexity index is 418. The standard InChI is InChI=1S/C14H16O2/c1-10-9-14(2,3)12(16-13(10)15)11-7-5-4-6-8-11/h4-8,12H,1,9H2,2-3H3. The van der Waals surface area contributed by atoms with Gasteiger partial charge in [0, 0.05) is 11.0 Å². The van der Waals surface area contributed by atoms with Crippen molar-refractivity contribution in [2.75, 3.05) is 0 Å². The summed E-state index contributed by atoms with van der Waals surface area (Å²) < 4.78 is 5.46. The Labute approximate surface area is 95.9 Å². The number of hydrogen-bond acceptors (Lipinski definition) is 2. The predicted octanol–water partition coefficient (Wildman–Crippen LogP) is 3.26. The van der Waals surface area contributed by atoms with E-state index in [4.69, 9.17) is 4.74 Å². The maximum absolute atomic E-state index is 11.5. The summed E-state index contributed by atoms with van der Waals surface area (Å²) in [6, 6.07) is 9.87. The molecule has 0 saturated carbocycles. The van der Waals surface area contributed by atoms with Gasteiger partial charge in [-0.25, -0.2) is 4.79 Å². The molecule has 1 unspecified atom stereocenters. The van der Waals surface area contributed by atoms with E-state index < -0.39 is 0 Å². The number of esters is 1. The summed E-state index contributed by atoms with van der Waals surface area (Å²) in [7, 11) is 0. The van der Waals surface area contributed by atoms with Crippen molar-refractivity contribution in [1.82, 2.24) is 0 Å². The van der Waals surface area contributed by atoms with E-state index >= 15 is 0 Å². The molecule has 1 heterocycles. The molecule has 84 valence electrons. The number of carbonyl (C=O) groups is 1. The van der Waals surface area contributed by atoms with E-state index in [1.165, 1.54) is 0 Å². The first-order valence-electron chi connectivity index (χ1n) is 5.44. The zero-order valence-electron chi connectivity index (χ0n) is 9.69. The first-order valence-corrected chi connectivity index (χ1v) is 5.44. The molecule has 1 fully saturated rings. The van der Waals surface area contributed by atoms with E-state index in [0.29, 0.717) is 12.0 Å². The fourth-order valence-electron chi connectivity index (χ4n) is 2.21. The summed E-state index contributed by atoms with van der Waals surface area (Å²) in [5, 5.41) is 0. The van der Waals surface area contributed by atoms with Crippen molar-refractivity contribution in [3.63, 3.8) is 0 Å². The van der Waals surface area contributed by atoms with Crippen LogP contribution >= 0.6 is 0 Å². The van der Waals surface area contributed by atoms with Crippen LogP contribution in [0, 0.1) is 5.41 Å². The first-order chi connectivity index (χ1) is 7.50. The van der Waals surface area contributed by atoms with Gasteiger partial charge in [0.1, 0.15) is 6.10 Å². The number of cyclic esters (lactones) is 1. The summed E-state index contributed by atoms with van der Waals surface area (Å²) >= 11 is 0. The van der Waals surface area contributed by atoms with Gasteiger partial charge in [-0.15, -0.1) is 0 Å². The van der Waals surface area contributed by atoms with E-state index in [-0.39, 0.29) is 17.5 Å². The minimum absolute atomic E-state index is 0.0909.